The van der Waals surface area contributed by atoms with Crippen molar-refractivity contribution in [3.63, 3.8) is 0 Å². The Hall–Kier alpha value is -1.63. The number of oxime groups is 1. The molecule has 1 aromatic carbocycles. The minimum absolute atomic E-state index is 0.179. The van der Waals surface area contributed by atoms with Gasteiger partial charge in [-0.2, -0.15) is 8.42 Å². The number of hydrogen-bond donors (Lipinski definition) is 1. The molecule has 2 saturated carbocycles. The zero-order chi connectivity index (χ0) is 18.7. The Bertz CT molecular complexity index is 868. The first-order valence-corrected chi connectivity index (χ1v) is 10.9. The summed E-state index contributed by atoms with van der Waals surface area (Å²) in [5.74, 6) is 0.654. The van der Waals surface area contributed by atoms with Crippen LogP contribution in [0.1, 0.15) is 49.7 Å². The van der Waals surface area contributed by atoms with Crippen LogP contribution in [0, 0.1) is 17.3 Å². The molecular formula is C19H24FNO4S. The van der Waals surface area contributed by atoms with Gasteiger partial charge >= 0.3 is 10.1 Å². The van der Waals surface area contributed by atoms with E-state index in [2.05, 4.69) is 5.16 Å². The molecule has 1 N–H and O–H groups in total. The number of aryl methyl sites for hydroxylation is 1. The van der Waals surface area contributed by atoms with E-state index in [-0.39, 0.29) is 23.0 Å². The molecule has 0 bridgehead atoms. The highest BCUT2D eigenvalue weighted by Gasteiger charge is 2.57. The number of hydrogen-bond acceptors (Lipinski definition) is 5. The zero-order valence-electron chi connectivity index (χ0n) is 15.0. The van der Waals surface area contributed by atoms with Gasteiger partial charge in [-0.15, -0.1) is 0 Å². The van der Waals surface area contributed by atoms with E-state index >= 15 is 4.39 Å². The predicted molar refractivity (Wildman–Crippen MR) is 96.0 cm³/mol. The van der Waals surface area contributed by atoms with Crippen molar-refractivity contribution in [3.8, 4) is 5.75 Å². The van der Waals surface area contributed by atoms with E-state index in [1.54, 1.807) is 12.1 Å². The Morgan fingerprint density at radius 1 is 1.31 bits per heavy atom. The Morgan fingerprint density at radius 2 is 2.08 bits per heavy atom. The third-order valence-electron chi connectivity index (χ3n) is 6.75. The minimum Gasteiger partial charge on any atom is -0.411 e. The van der Waals surface area contributed by atoms with E-state index in [1.807, 2.05) is 13.0 Å². The highest BCUT2D eigenvalue weighted by atomic mass is 32.2. The molecular weight excluding hydrogens is 357 g/mol. The van der Waals surface area contributed by atoms with E-state index in [9.17, 15) is 13.6 Å². The number of rotatable bonds is 2. The second-order valence-electron chi connectivity index (χ2n) is 8.21. The lowest BCUT2D eigenvalue weighted by atomic mass is 9.55. The highest BCUT2D eigenvalue weighted by Crippen LogP contribution is 2.60. The Labute approximate surface area is 153 Å². The number of nitrogens with zero attached hydrogens (tertiary/aromatic N) is 1. The topological polar surface area (TPSA) is 76.0 Å². The van der Waals surface area contributed by atoms with Crippen LogP contribution < -0.4 is 4.18 Å². The van der Waals surface area contributed by atoms with E-state index in [1.165, 1.54) is 0 Å². The molecule has 26 heavy (non-hydrogen) atoms. The molecule has 3 aliphatic rings. The largest absolute Gasteiger partial charge is 0.411 e. The van der Waals surface area contributed by atoms with Crippen molar-refractivity contribution in [1.82, 2.24) is 0 Å². The van der Waals surface area contributed by atoms with Crippen molar-refractivity contribution in [1.29, 1.82) is 0 Å². The molecule has 5 nitrogen and oxygen atoms in total. The van der Waals surface area contributed by atoms with Gasteiger partial charge in [0.1, 0.15) is 11.9 Å². The molecule has 3 aliphatic carbocycles. The van der Waals surface area contributed by atoms with Crippen molar-refractivity contribution >= 4 is 15.8 Å². The molecule has 4 rings (SSSR count). The van der Waals surface area contributed by atoms with Crippen LogP contribution in [-0.2, 0) is 16.5 Å². The lowest BCUT2D eigenvalue weighted by molar-refractivity contribution is 0.0284. The van der Waals surface area contributed by atoms with Crippen molar-refractivity contribution in [2.75, 3.05) is 6.26 Å². The van der Waals surface area contributed by atoms with Crippen LogP contribution in [-0.4, -0.2) is 31.8 Å². The maximum Gasteiger partial charge on any atom is 0.306 e. The molecule has 0 unspecified atom stereocenters. The Balaban J connectivity index is 1.69. The highest BCUT2D eigenvalue weighted by molar-refractivity contribution is 7.86. The molecule has 0 spiro atoms. The van der Waals surface area contributed by atoms with Crippen molar-refractivity contribution in [3.05, 3.63) is 29.3 Å². The van der Waals surface area contributed by atoms with Gasteiger partial charge in [-0.1, -0.05) is 18.1 Å². The zero-order valence-corrected chi connectivity index (χ0v) is 15.8. The van der Waals surface area contributed by atoms with Gasteiger partial charge in [0.05, 0.1) is 12.0 Å². The van der Waals surface area contributed by atoms with Gasteiger partial charge in [0.15, 0.2) is 0 Å². The summed E-state index contributed by atoms with van der Waals surface area (Å²) in [7, 11) is -3.58. The second-order valence-corrected chi connectivity index (χ2v) is 9.78. The predicted octanol–water partition coefficient (Wildman–Crippen LogP) is 3.66. The summed E-state index contributed by atoms with van der Waals surface area (Å²) in [4.78, 5) is 0. The first-order chi connectivity index (χ1) is 12.2. The van der Waals surface area contributed by atoms with Crippen molar-refractivity contribution < 1.29 is 22.2 Å². The molecule has 0 aromatic heterocycles. The van der Waals surface area contributed by atoms with Crippen LogP contribution in [0.2, 0.25) is 0 Å². The summed E-state index contributed by atoms with van der Waals surface area (Å²) in [6.45, 7) is 2.04. The second kappa shape index (κ2) is 5.94. The van der Waals surface area contributed by atoms with Gasteiger partial charge in [-0.05, 0) is 67.2 Å². The molecule has 2 fully saturated rings. The van der Waals surface area contributed by atoms with Crippen LogP contribution in [0.5, 0.6) is 5.75 Å². The molecule has 142 valence electrons. The quantitative estimate of drug-likeness (QED) is 0.482. The molecule has 0 amide bonds. The maximum atomic E-state index is 15.3. The van der Waals surface area contributed by atoms with Crippen LogP contribution in [0.4, 0.5) is 4.39 Å². The van der Waals surface area contributed by atoms with Crippen molar-refractivity contribution in [2.45, 2.75) is 51.1 Å². The molecule has 0 aliphatic heterocycles. The van der Waals surface area contributed by atoms with E-state index in [4.69, 9.17) is 4.18 Å². The van der Waals surface area contributed by atoms with E-state index in [0.717, 1.165) is 48.8 Å². The van der Waals surface area contributed by atoms with Gasteiger partial charge in [0, 0.05) is 11.3 Å². The van der Waals surface area contributed by atoms with Crippen LogP contribution in [0.3, 0.4) is 0 Å². The molecule has 0 saturated heterocycles. The fourth-order valence-corrected chi connectivity index (χ4v) is 6.21. The number of halogens is 1. The average Bonchev–Trinajstić information content (AvgIpc) is 2.88. The number of fused-ring (bicyclic) bond motifs is 5. The third-order valence-corrected chi connectivity index (χ3v) is 7.24. The first kappa shape index (κ1) is 17.8. The standard InChI is InChI=1S/C19H24FNO4S/c1-19-10-16(20)18-13-6-4-12(25-26(2,23)24)9-11(13)3-5-14(18)15(19)7-8-17(19)21-22/h4,6,9,14-16,18,22H,3,5,7-8,10H2,1-2H3/t14-,15-,16-,18+,19-/m0/s1. The van der Waals surface area contributed by atoms with E-state index in [0.29, 0.717) is 12.3 Å². The SMILES string of the molecule is C[C@]12C[C@H](F)[C@@H]3c4ccc(OS(C)(=O)=O)cc4CC[C@H]3[C@@H]1CCC2=NO. The average molecular weight is 381 g/mol. The molecule has 0 heterocycles. The fraction of sp³-hybridized carbons (Fsp3) is 0.632. The normalized spacial score (nSPS) is 37.7. The summed E-state index contributed by atoms with van der Waals surface area (Å²) in [6.07, 6.45) is 3.70. The van der Waals surface area contributed by atoms with Crippen LogP contribution in [0.15, 0.2) is 23.4 Å². The van der Waals surface area contributed by atoms with E-state index < -0.39 is 16.3 Å². The summed E-state index contributed by atoms with van der Waals surface area (Å²) < 4.78 is 43.0. The lowest BCUT2D eigenvalue weighted by Crippen LogP contribution is -2.47. The van der Waals surface area contributed by atoms with Gasteiger partial charge < -0.3 is 9.39 Å². The van der Waals surface area contributed by atoms with Crippen LogP contribution in [0.25, 0.3) is 0 Å². The summed E-state index contributed by atoms with van der Waals surface area (Å²) >= 11 is 0. The fourth-order valence-electron chi connectivity index (χ4n) is 5.76. The van der Waals surface area contributed by atoms with Gasteiger partial charge in [-0.3, -0.25) is 0 Å². The summed E-state index contributed by atoms with van der Waals surface area (Å²) in [5, 5.41) is 12.8. The van der Waals surface area contributed by atoms with Crippen LogP contribution >= 0.6 is 0 Å². The monoisotopic (exact) mass is 381 g/mol. The van der Waals surface area contributed by atoms with Gasteiger partial charge in [0.25, 0.3) is 0 Å². The maximum absolute atomic E-state index is 15.3. The summed E-state index contributed by atoms with van der Waals surface area (Å²) in [5.41, 5.74) is 2.34. The minimum atomic E-state index is -3.58. The molecule has 0 radical (unpaired) electrons. The smallest absolute Gasteiger partial charge is 0.306 e. The molecule has 5 atom stereocenters. The molecule has 7 heteroatoms. The van der Waals surface area contributed by atoms with Gasteiger partial charge in [0.2, 0.25) is 0 Å². The Morgan fingerprint density at radius 3 is 2.77 bits per heavy atom. The lowest BCUT2D eigenvalue weighted by Gasteiger charge is -2.50. The summed E-state index contributed by atoms with van der Waals surface area (Å²) in [6, 6.07) is 5.19. The third kappa shape index (κ3) is 2.71. The van der Waals surface area contributed by atoms with Crippen molar-refractivity contribution in [2.24, 2.45) is 22.4 Å². The first-order valence-electron chi connectivity index (χ1n) is 9.10. The Kier molecular flexibility index (Phi) is 4.06. The number of alkyl halides is 1. The number of benzene rings is 1. The van der Waals surface area contributed by atoms with Gasteiger partial charge in [-0.25, -0.2) is 4.39 Å². The molecule has 1 aromatic rings.